The van der Waals surface area contributed by atoms with Crippen LogP contribution in [-0.2, 0) is 0 Å². The van der Waals surface area contributed by atoms with E-state index in [-0.39, 0.29) is 25.5 Å². The van der Waals surface area contributed by atoms with Gasteiger partial charge >= 0.3 is 6.03 Å². The van der Waals surface area contributed by atoms with E-state index in [1.165, 1.54) is 4.90 Å². The number of likely N-dealkylation sites (tertiary alicyclic amines) is 1. The van der Waals surface area contributed by atoms with Crippen LogP contribution in [0.25, 0.3) is 0 Å². The van der Waals surface area contributed by atoms with E-state index in [9.17, 15) is 9.18 Å². The van der Waals surface area contributed by atoms with E-state index in [1.54, 1.807) is 12.1 Å². The molecule has 2 N–H and O–H groups in total. The average Bonchev–Trinajstić information content (AvgIpc) is 3.05. The van der Waals surface area contributed by atoms with E-state index in [1.807, 2.05) is 42.5 Å². The molecular formula is C20H19FN2O2. The SMILES string of the molecule is O=C(Nc1ccccc1C#Cc1ccccc1)N1CCC(F)(CO)C1. The van der Waals surface area contributed by atoms with Gasteiger partial charge in [0.2, 0.25) is 0 Å². The lowest BCUT2D eigenvalue weighted by Gasteiger charge is -2.19. The molecular weight excluding hydrogens is 319 g/mol. The van der Waals surface area contributed by atoms with Crippen LogP contribution in [0.4, 0.5) is 14.9 Å². The molecule has 5 heteroatoms. The quantitative estimate of drug-likeness (QED) is 0.827. The first-order valence-electron chi connectivity index (χ1n) is 8.11. The molecule has 1 heterocycles. The molecule has 4 nitrogen and oxygen atoms in total. The lowest BCUT2D eigenvalue weighted by Crippen LogP contribution is -2.37. The number of anilines is 1. The molecule has 25 heavy (non-hydrogen) atoms. The largest absolute Gasteiger partial charge is 0.393 e. The molecule has 0 radical (unpaired) electrons. The Labute approximate surface area is 146 Å². The number of hydrogen-bond donors (Lipinski definition) is 2. The molecule has 2 aromatic rings. The Morgan fingerprint density at radius 3 is 2.60 bits per heavy atom. The van der Waals surface area contributed by atoms with Gasteiger partial charge in [0, 0.05) is 24.1 Å². The predicted molar refractivity (Wildman–Crippen MR) is 95.0 cm³/mol. The molecule has 1 aliphatic heterocycles. The maximum absolute atomic E-state index is 14.1. The molecule has 1 atom stereocenters. The Bertz CT molecular complexity index is 813. The van der Waals surface area contributed by atoms with Gasteiger partial charge in [-0.1, -0.05) is 42.2 Å². The first-order valence-corrected chi connectivity index (χ1v) is 8.11. The minimum Gasteiger partial charge on any atom is -0.393 e. The summed E-state index contributed by atoms with van der Waals surface area (Å²) in [6.07, 6.45) is 0.145. The Hall–Kier alpha value is -2.84. The maximum Gasteiger partial charge on any atom is 0.321 e. The number of aliphatic hydroxyl groups excluding tert-OH is 1. The third kappa shape index (κ3) is 4.17. The van der Waals surface area contributed by atoms with Crippen molar-refractivity contribution in [3.8, 4) is 11.8 Å². The third-order valence-electron chi connectivity index (χ3n) is 4.16. The van der Waals surface area contributed by atoms with Gasteiger partial charge in [-0.3, -0.25) is 0 Å². The van der Waals surface area contributed by atoms with Gasteiger partial charge in [0.1, 0.15) is 0 Å². The van der Waals surface area contributed by atoms with Gasteiger partial charge in [0.05, 0.1) is 18.8 Å². The molecule has 1 saturated heterocycles. The molecule has 1 aliphatic rings. The number of para-hydroxylation sites is 1. The number of halogens is 1. The van der Waals surface area contributed by atoms with Gasteiger partial charge in [-0.25, -0.2) is 9.18 Å². The van der Waals surface area contributed by atoms with Crippen molar-refractivity contribution in [2.24, 2.45) is 0 Å². The second kappa shape index (κ2) is 7.37. The maximum atomic E-state index is 14.1. The monoisotopic (exact) mass is 338 g/mol. The Morgan fingerprint density at radius 2 is 1.88 bits per heavy atom. The van der Waals surface area contributed by atoms with Crippen molar-refractivity contribution >= 4 is 11.7 Å². The Morgan fingerprint density at radius 1 is 1.16 bits per heavy atom. The molecule has 1 unspecified atom stereocenters. The Kier molecular flexibility index (Phi) is 5.01. The summed E-state index contributed by atoms with van der Waals surface area (Å²) in [5.41, 5.74) is 0.446. The summed E-state index contributed by atoms with van der Waals surface area (Å²) in [7, 11) is 0. The van der Waals surface area contributed by atoms with Crippen molar-refractivity contribution in [1.29, 1.82) is 0 Å². The standard InChI is InChI=1S/C20H19FN2O2/c21-20(15-24)12-13-23(14-20)19(25)22-18-9-5-4-8-17(18)11-10-16-6-2-1-3-7-16/h1-9,24H,12-15H2,(H,22,25). The molecule has 0 saturated carbocycles. The van der Waals surface area contributed by atoms with Gasteiger partial charge in [0.15, 0.2) is 5.67 Å². The summed E-state index contributed by atoms with van der Waals surface area (Å²) < 4.78 is 14.1. The van der Waals surface area contributed by atoms with Crippen molar-refractivity contribution in [2.45, 2.75) is 12.1 Å². The second-order valence-electron chi connectivity index (χ2n) is 6.07. The van der Waals surface area contributed by atoms with E-state index in [2.05, 4.69) is 17.2 Å². The first kappa shape index (κ1) is 17.0. The molecule has 2 amide bonds. The third-order valence-corrected chi connectivity index (χ3v) is 4.16. The van der Waals surface area contributed by atoms with Crippen LogP contribution in [0.1, 0.15) is 17.5 Å². The van der Waals surface area contributed by atoms with Crippen molar-refractivity contribution < 1.29 is 14.3 Å². The molecule has 0 spiro atoms. The average molecular weight is 338 g/mol. The summed E-state index contributed by atoms with van der Waals surface area (Å²) in [5, 5.41) is 11.9. The lowest BCUT2D eigenvalue weighted by atomic mass is 10.1. The molecule has 0 aromatic heterocycles. The molecule has 128 valence electrons. The molecule has 0 bridgehead atoms. The van der Waals surface area contributed by atoms with Crippen molar-refractivity contribution in [3.63, 3.8) is 0 Å². The van der Waals surface area contributed by atoms with Crippen LogP contribution >= 0.6 is 0 Å². The number of hydrogen-bond acceptors (Lipinski definition) is 2. The van der Waals surface area contributed by atoms with E-state index in [0.717, 1.165) is 5.56 Å². The Balaban J connectivity index is 1.74. The number of urea groups is 1. The highest BCUT2D eigenvalue weighted by Gasteiger charge is 2.39. The van der Waals surface area contributed by atoms with Crippen LogP contribution in [0.3, 0.4) is 0 Å². The molecule has 1 fully saturated rings. The van der Waals surface area contributed by atoms with Crippen LogP contribution < -0.4 is 5.32 Å². The predicted octanol–water partition coefficient (Wildman–Crippen LogP) is 3.02. The van der Waals surface area contributed by atoms with E-state index >= 15 is 0 Å². The lowest BCUT2D eigenvalue weighted by molar-refractivity contribution is 0.0813. The van der Waals surface area contributed by atoms with Gasteiger partial charge in [-0.15, -0.1) is 0 Å². The number of nitrogens with zero attached hydrogens (tertiary/aromatic N) is 1. The highest BCUT2D eigenvalue weighted by Crippen LogP contribution is 2.26. The summed E-state index contributed by atoms with van der Waals surface area (Å²) in [6, 6.07) is 16.4. The van der Waals surface area contributed by atoms with E-state index in [4.69, 9.17) is 5.11 Å². The van der Waals surface area contributed by atoms with E-state index < -0.39 is 12.3 Å². The van der Waals surface area contributed by atoms with Crippen molar-refractivity contribution in [3.05, 3.63) is 65.7 Å². The highest BCUT2D eigenvalue weighted by atomic mass is 19.1. The van der Waals surface area contributed by atoms with Gasteiger partial charge in [0.25, 0.3) is 0 Å². The van der Waals surface area contributed by atoms with Crippen LogP contribution in [0.2, 0.25) is 0 Å². The minimum atomic E-state index is -1.70. The number of benzene rings is 2. The number of alkyl halides is 1. The fourth-order valence-electron chi connectivity index (χ4n) is 2.69. The summed E-state index contributed by atoms with van der Waals surface area (Å²) >= 11 is 0. The second-order valence-corrected chi connectivity index (χ2v) is 6.07. The number of nitrogens with one attached hydrogen (secondary N) is 1. The van der Waals surface area contributed by atoms with Crippen LogP contribution in [-0.4, -0.2) is 41.4 Å². The number of rotatable bonds is 2. The zero-order chi connectivity index (χ0) is 17.7. The van der Waals surface area contributed by atoms with Crippen LogP contribution in [0, 0.1) is 11.8 Å². The normalized spacial score (nSPS) is 19.2. The fraction of sp³-hybridized carbons (Fsp3) is 0.250. The zero-order valence-corrected chi connectivity index (χ0v) is 13.7. The van der Waals surface area contributed by atoms with E-state index in [0.29, 0.717) is 11.3 Å². The zero-order valence-electron chi connectivity index (χ0n) is 13.7. The molecule has 3 rings (SSSR count). The molecule has 0 aliphatic carbocycles. The summed E-state index contributed by atoms with van der Waals surface area (Å²) in [4.78, 5) is 13.7. The fourth-order valence-corrected chi connectivity index (χ4v) is 2.69. The molecule has 2 aromatic carbocycles. The van der Waals surface area contributed by atoms with Crippen LogP contribution in [0.5, 0.6) is 0 Å². The number of carbonyl (C=O) groups excluding carboxylic acids is 1. The van der Waals surface area contributed by atoms with Gasteiger partial charge < -0.3 is 15.3 Å². The van der Waals surface area contributed by atoms with Gasteiger partial charge in [-0.05, 0) is 24.3 Å². The van der Waals surface area contributed by atoms with Gasteiger partial charge in [-0.2, -0.15) is 0 Å². The van der Waals surface area contributed by atoms with Crippen LogP contribution in [0.15, 0.2) is 54.6 Å². The topological polar surface area (TPSA) is 52.6 Å². The van der Waals surface area contributed by atoms with Crippen molar-refractivity contribution in [2.75, 3.05) is 25.0 Å². The first-order chi connectivity index (χ1) is 12.1. The van der Waals surface area contributed by atoms with Crippen molar-refractivity contribution in [1.82, 2.24) is 4.90 Å². The smallest absolute Gasteiger partial charge is 0.321 e. The summed E-state index contributed by atoms with van der Waals surface area (Å²) in [6.45, 7) is -0.399. The summed E-state index contributed by atoms with van der Waals surface area (Å²) in [5.74, 6) is 6.11. The number of carbonyl (C=O) groups is 1. The highest BCUT2D eigenvalue weighted by molar-refractivity contribution is 5.91. The number of aliphatic hydroxyl groups is 1. The minimum absolute atomic E-state index is 0.104. The number of amides is 2.